The quantitative estimate of drug-likeness (QED) is 0.440. The van der Waals surface area contributed by atoms with Gasteiger partial charge in [0.05, 0.1) is 6.61 Å². The molecule has 0 spiro atoms. The summed E-state index contributed by atoms with van der Waals surface area (Å²) in [6.07, 6.45) is 3.14. The molecule has 150 valence electrons. The topological polar surface area (TPSA) is 134 Å². The van der Waals surface area contributed by atoms with Crippen LogP contribution in [0.25, 0.3) is 0 Å². The van der Waals surface area contributed by atoms with Crippen LogP contribution >= 0.6 is 0 Å². The minimum Gasteiger partial charge on any atom is -0.473 e. The average molecular weight is 387 g/mol. The van der Waals surface area contributed by atoms with Crippen LogP contribution in [0.5, 0.6) is 0 Å². The van der Waals surface area contributed by atoms with Gasteiger partial charge in [0.15, 0.2) is 5.76 Å². The maximum Gasteiger partial charge on any atom is 0.414 e. The number of rotatable bonds is 6. The molecule has 1 aromatic carbocycles. The molecule has 0 aliphatic heterocycles. The van der Waals surface area contributed by atoms with Crippen molar-refractivity contribution in [2.75, 3.05) is 6.61 Å². The van der Waals surface area contributed by atoms with Crippen molar-refractivity contribution >= 4 is 11.9 Å². The number of benzene rings is 1. The van der Waals surface area contributed by atoms with Crippen LogP contribution < -0.4 is 5.73 Å². The Morgan fingerprint density at radius 2 is 1.71 bits per heavy atom. The molecule has 5 N–H and O–H groups in total. The highest BCUT2D eigenvalue weighted by molar-refractivity contribution is 6.27. The highest BCUT2D eigenvalue weighted by Crippen LogP contribution is 2.14. The molecule has 0 radical (unpaired) electrons. The molecule has 28 heavy (non-hydrogen) atoms. The summed E-state index contributed by atoms with van der Waals surface area (Å²) in [7, 11) is 0. The van der Waals surface area contributed by atoms with Crippen LogP contribution in [0.3, 0.4) is 0 Å². The molecule has 7 heteroatoms. The Labute approximate surface area is 163 Å². The normalized spacial score (nSPS) is 12.0. The Bertz CT molecular complexity index is 802. The van der Waals surface area contributed by atoms with E-state index >= 15 is 0 Å². The van der Waals surface area contributed by atoms with E-state index in [2.05, 4.69) is 24.0 Å². The number of aliphatic hydroxyl groups excluding tert-OH is 1. The number of nitrogens with two attached hydrogens (primary N) is 1. The fraction of sp³-hybridized carbons (Fsp3) is 0.333. The fourth-order valence-electron chi connectivity index (χ4n) is 2.07. The van der Waals surface area contributed by atoms with Crippen molar-refractivity contribution in [3.05, 3.63) is 59.5 Å². The first kappa shape index (κ1) is 23.0. The number of carbonyl (C=O) groups is 2. The molecule has 0 aliphatic rings. The van der Waals surface area contributed by atoms with E-state index in [1.807, 2.05) is 37.3 Å². The van der Waals surface area contributed by atoms with Gasteiger partial charge >= 0.3 is 11.9 Å². The van der Waals surface area contributed by atoms with Crippen LogP contribution in [0.2, 0.25) is 0 Å². The summed E-state index contributed by atoms with van der Waals surface area (Å²) < 4.78 is 5.67. The Kier molecular flexibility index (Phi) is 9.51. The zero-order chi connectivity index (χ0) is 21.0. The van der Waals surface area contributed by atoms with E-state index in [0.717, 1.165) is 18.6 Å². The van der Waals surface area contributed by atoms with Gasteiger partial charge in [-0.2, -0.15) is 0 Å². The predicted molar refractivity (Wildman–Crippen MR) is 104 cm³/mol. The molecule has 0 fully saturated rings. The van der Waals surface area contributed by atoms with Gasteiger partial charge in [-0.05, 0) is 43.4 Å². The zero-order valence-electron chi connectivity index (χ0n) is 15.7. The second-order valence-electron chi connectivity index (χ2n) is 6.48. The van der Waals surface area contributed by atoms with E-state index in [0.29, 0.717) is 18.6 Å². The van der Waals surface area contributed by atoms with Gasteiger partial charge in [-0.3, -0.25) is 0 Å². The molecule has 0 bridgehead atoms. The van der Waals surface area contributed by atoms with E-state index in [1.54, 1.807) is 0 Å². The van der Waals surface area contributed by atoms with Crippen molar-refractivity contribution < 1.29 is 29.3 Å². The number of carboxylic acid groups (broad SMARTS) is 2. The van der Waals surface area contributed by atoms with E-state index < -0.39 is 17.5 Å². The highest BCUT2D eigenvalue weighted by atomic mass is 16.4. The van der Waals surface area contributed by atoms with Crippen LogP contribution in [0.4, 0.5) is 0 Å². The molecule has 0 saturated carbocycles. The maximum absolute atomic E-state index is 9.14. The lowest BCUT2D eigenvalue weighted by Crippen LogP contribution is -2.40. The van der Waals surface area contributed by atoms with Crippen LogP contribution in [-0.2, 0) is 22.4 Å². The summed E-state index contributed by atoms with van der Waals surface area (Å²) in [6.45, 7) is 1.81. The summed E-state index contributed by atoms with van der Waals surface area (Å²) in [5.74, 6) is 4.08. The molecular weight excluding hydrogens is 362 g/mol. The maximum atomic E-state index is 9.14. The molecule has 0 unspecified atom stereocenters. The van der Waals surface area contributed by atoms with Gasteiger partial charge in [-0.25, -0.2) is 9.59 Å². The first-order chi connectivity index (χ1) is 13.2. The van der Waals surface area contributed by atoms with Crippen LogP contribution in [0, 0.1) is 11.8 Å². The number of hydrogen-bond acceptors (Lipinski definition) is 5. The molecule has 0 saturated heterocycles. The van der Waals surface area contributed by atoms with E-state index in [1.165, 1.54) is 5.56 Å². The van der Waals surface area contributed by atoms with Gasteiger partial charge in [0.2, 0.25) is 0 Å². The first-order valence-corrected chi connectivity index (χ1v) is 8.71. The number of furan rings is 1. The largest absolute Gasteiger partial charge is 0.473 e. The number of hydrogen-bond donors (Lipinski definition) is 4. The SMILES string of the molecule is C[C@](N)(CO)CCc1ccc(C#CCCc2ccccc2)o1.O=C(O)C(=O)O. The summed E-state index contributed by atoms with van der Waals surface area (Å²) >= 11 is 0. The molecule has 0 aliphatic carbocycles. The Hall–Kier alpha value is -3.08. The number of carboxylic acids is 2. The molecule has 0 amide bonds. The Morgan fingerprint density at radius 1 is 1.07 bits per heavy atom. The van der Waals surface area contributed by atoms with E-state index in [-0.39, 0.29) is 6.61 Å². The minimum absolute atomic E-state index is 0.0279. The number of aryl methyl sites for hydroxylation is 2. The third-order valence-electron chi connectivity index (χ3n) is 3.74. The van der Waals surface area contributed by atoms with Crippen molar-refractivity contribution in [2.24, 2.45) is 5.73 Å². The third-order valence-corrected chi connectivity index (χ3v) is 3.74. The van der Waals surface area contributed by atoms with Gasteiger partial charge in [-0.15, -0.1) is 0 Å². The highest BCUT2D eigenvalue weighted by Gasteiger charge is 2.17. The van der Waals surface area contributed by atoms with Gasteiger partial charge in [0.25, 0.3) is 0 Å². The Balaban J connectivity index is 0.000000568. The average Bonchev–Trinajstić information content (AvgIpc) is 3.13. The van der Waals surface area contributed by atoms with Gasteiger partial charge in [-0.1, -0.05) is 36.3 Å². The summed E-state index contributed by atoms with van der Waals surface area (Å²) in [5, 5.41) is 23.9. The van der Waals surface area contributed by atoms with Gasteiger partial charge < -0.3 is 25.5 Å². The monoisotopic (exact) mass is 387 g/mol. The summed E-state index contributed by atoms with van der Waals surface area (Å²) in [4.78, 5) is 18.2. The van der Waals surface area contributed by atoms with Crippen LogP contribution in [0.1, 0.15) is 36.8 Å². The van der Waals surface area contributed by atoms with Crippen molar-refractivity contribution in [2.45, 2.75) is 38.1 Å². The molecule has 1 aromatic heterocycles. The van der Waals surface area contributed by atoms with E-state index in [9.17, 15) is 0 Å². The molecule has 2 rings (SSSR count). The van der Waals surface area contributed by atoms with Gasteiger partial charge in [0.1, 0.15) is 5.76 Å². The smallest absolute Gasteiger partial charge is 0.414 e. The first-order valence-electron chi connectivity index (χ1n) is 8.71. The van der Waals surface area contributed by atoms with Gasteiger partial charge in [0, 0.05) is 18.4 Å². The third kappa shape index (κ3) is 9.57. The van der Waals surface area contributed by atoms with E-state index in [4.69, 9.17) is 35.1 Å². The van der Waals surface area contributed by atoms with Crippen molar-refractivity contribution in [3.8, 4) is 11.8 Å². The van der Waals surface area contributed by atoms with Crippen molar-refractivity contribution in [1.82, 2.24) is 0 Å². The fourth-order valence-corrected chi connectivity index (χ4v) is 2.07. The second-order valence-corrected chi connectivity index (χ2v) is 6.48. The molecule has 7 nitrogen and oxygen atoms in total. The lowest BCUT2D eigenvalue weighted by atomic mass is 9.98. The Morgan fingerprint density at radius 3 is 2.29 bits per heavy atom. The van der Waals surface area contributed by atoms with Crippen LogP contribution in [0.15, 0.2) is 46.9 Å². The molecule has 2 aromatic rings. The molecule has 1 heterocycles. The zero-order valence-corrected chi connectivity index (χ0v) is 15.7. The minimum atomic E-state index is -1.82. The molecule has 1 atom stereocenters. The molecular formula is C21H25NO6. The predicted octanol–water partition coefficient (Wildman–Crippen LogP) is 2.06. The van der Waals surface area contributed by atoms with Crippen molar-refractivity contribution in [3.63, 3.8) is 0 Å². The summed E-state index contributed by atoms with van der Waals surface area (Å²) in [5.41, 5.74) is 6.64. The van der Waals surface area contributed by atoms with Crippen LogP contribution in [-0.4, -0.2) is 39.4 Å². The summed E-state index contributed by atoms with van der Waals surface area (Å²) in [6, 6.07) is 14.1. The van der Waals surface area contributed by atoms with Crippen molar-refractivity contribution in [1.29, 1.82) is 0 Å². The standard InChI is InChI=1S/C19H23NO2.C2H2O4/c1-19(20,15-21)14-13-18-12-11-17(22-18)10-6-5-9-16-7-3-2-4-8-16;3-1(4)2(5)6/h2-4,7-8,11-12,21H,5,9,13-15,20H2,1H3;(H,3,4)(H,5,6)/t19-;/m1./s1. The number of aliphatic carboxylic acids is 2. The number of aliphatic hydroxyl groups is 1. The lowest BCUT2D eigenvalue weighted by Gasteiger charge is -2.20. The lowest BCUT2D eigenvalue weighted by molar-refractivity contribution is -0.159. The second kappa shape index (κ2) is 11.6.